The summed E-state index contributed by atoms with van der Waals surface area (Å²) in [5.41, 5.74) is 1.42. The van der Waals surface area contributed by atoms with Crippen molar-refractivity contribution in [1.82, 2.24) is 25.1 Å². The van der Waals surface area contributed by atoms with E-state index < -0.39 is 10.7 Å². The smallest absolute Gasteiger partial charge is 0.269 e. The Labute approximate surface area is 170 Å². The van der Waals surface area contributed by atoms with Crippen molar-refractivity contribution in [3.8, 4) is 11.4 Å². The summed E-state index contributed by atoms with van der Waals surface area (Å²) in [5, 5.41) is 22.7. The monoisotopic (exact) mass is 411 g/mol. The summed E-state index contributed by atoms with van der Waals surface area (Å²) >= 11 is 0. The molecule has 0 atom stereocenters. The van der Waals surface area contributed by atoms with Crippen LogP contribution in [-0.4, -0.2) is 62.1 Å². The van der Waals surface area contributed by atoms with Gasteiger partial charge in [0.1, 0.15) is 12.4 Å². The minimum absolute atomic E-state index is 0.0468. The van der Waals surface area contributed by atoms with Gasteiger partial charge in [-0.05, 0) is 29.5 Å². The largest absolute Gasteiger partial charge is 0.368 e. The van der Waals surface area contributed by atoms with E-state index in [2.05, 4.69) is 20.3 Å². The molecule has 1 saturated heterocycles. The van der Waals surface area contributed by atoms with Crippen molar-refractivity contribution in [2.75, 3.05) is 31.1 Å². The van der Waals surface area contributed by atoms with E-state index in [1.165, 1.54) is 29.1 Å². The normalized spacial score (nSPS) is 14.0. The summed E-state index contributed by atoms with van der Waals surface area (Å²) in [7, 11) is 0. The average Bonchev–Trinajstić information content (AvgIpc) is 3.22. The van der Waals surface area contributed by atoms with Gasteiger partial charge in [0.25, 0.3) is 5.69 Å². The van der Waals surface area contributed by atoms with E-state index in [-0.39, 0.29) is 24.0 Å². The number of nitro benzene ring substituents is 1. The molecule has 30 heavy (non-hydrogen) atoms. The number of rotatable bonds is 5. The van der Waals surface area contributed by atoms with Gasteiger partial charge in [-0.1, -0.05) is 12.1 Å². The quantitative estimate of drug-likeness (QED) is 0.464. The highest BCUT2D eigenvalue weighted by atomic mass is 19.1. The number of piperazine rings is 1. The first-order valence-corrected chi connectivity index (χ1v) is 9.30. The van der Waals surface area contributed by atoms with Gasteiger partial charge in [0, 0.05) is 49.6 Å². The van der Waals surface area contributed by atoms with Crippen molar-refractivity contribution >= 4 is 17.3 Å². The number of nitrogens with zero attached hydrogens (tertiary/aromatic N) is 7. The molecule has 1 fully saturated rings. The van der Waals surface area contributed by atoms with E-state index in [9.17, 15) is 19.3 Å². The molecule has 1 aliphatic heterocycles. The Hall–Kier alpha value is -3.89. The maximum absolute atomic E-state index is 13.3. The molecule has 0 saturated carbocycles. The second-order valence-electron chi connectivity index (χ2n) is 6.80. The molecule has 0 unspecified atom stereocenters. The lowest BCUT2D eigenvalue weighted by Crippen LogP contribution is -2.49. The molecule has 2 aromatic carbocycles. The number of hydrogen-bond acceptors (Lipinski definition) is 7. The Balaban J connectivity index is 1.33. The number of carbonyl (C=O) groups excluding carboxylic acids is 1. The third-order valence-corrected chi connectivity index (χ3v) is 4.87. The maximum atomic E-state index is 13.3. The van der Waals surface area contributed by atoms with Gasteiger partial charge in [0.2, 0.25) is 11.7 Å². The van der Waals surface area contributed by atoms with Gasteiger partial charge in [-0.2, -0.15) is 4.80 Å². The second-order valence-corrected chi connectivity index (χ2v) is 6.80. The van der Waals surface area contributed by atoms with Crippen LogP contribution in [0.2, 0.25) is 0 Å². The van der Waals surface area contributed by atoms with Gasteiger partial charge in [0.05, 0.1) is 4.92 Å². The van der Waals surface area contributed by atoms with Crippen LogP contribution in [-0.2, 0) is 11.3 Å². The molecule has 3 aromatic rings. The lowest BCUT2D eigenvalue weighted by molar-refractivity contribution is -0.384. The number of benzene rings is 2. The summed E-state index contributed by atoms with van der Waals surface area (Å²) < 4.78 is 13.3. The molecule has 2 heterocycles. The minimum Gasteiger partial charge on any atom is -0.368 e. The minimum atomic E-state index is -0.432. The average molecular weight is 411 g/mol. The van der Waals surface area contributed by atoms with Crippen LogP contribution in [0.1, 0.15) is 0 Å². The molecule has 1 aromatic heterocycles. The molecule has 11 heteroatoms. The zero-order valence-electron chi connectivity index (χ0n) is 15.9. The lowest BCUT2D eigenvalue weighted by atomic mass is 10.2. The van der Waals surface area contributed by atoms with E-state index in [0.717, 1.165) is 5.69 Å². The molecule has 4 rings (SSSR count). The molecule has 1 aliphatic rings. The van der Waals surface area contributed by atoms with E-state index in [4.69, 9.17) is 0 Å². The van der Waals surface area contributed by atoms with Crippen LogP contribution in [0, 0.1) is 15.9 Å². The highest BCUT2D eigenvalue weighted by Crippen LogP contribution is 2.21. The first-order chi connectivity index (χ1) is 14.5. The Morgan fingerprint density at radius 3 is 2.50 bits per heavy atom. The van der Waals surface area contributed by atoms with Crippen LogP contribution >= 0.6 is 0 Å². The highest BCUT2D eigenvalue weighted by Gasteiger charge is 2.22. The van der Waals surface area contributed by atoms with E-state index >= 15 is 0 Å². The van der Waals surface area contributed by atoms with Crippen molar-refractivity contribution in [2.45, 2.75) is 6.54 Å². The molecular weight excluding hydrogens is 393 g/mol. The number of nitro groups is 1. The second kappa shape index (κ2) is 8.23. The Bertz CT molecular complexity index is 1060. The molecule has 0 N–H and O–H groups in total. The van der Waals surface area contributed by atoms with Crippen molar-refractivity contribution < 1.29 is 14.1 Å². The van der Waals surface area contributed by atoms with E-state index in [1.54, 1.807) is 29.2 Å². The summed E-state index contributed by atoms with van der Waals surface area (Å²) in [6.45, 7) is 2.20. The van der Waals surface area contributed by atoms with Crippen LogP contribution in [0.4, 0.5) is 15.8 Å². The molecule has 10 nitrogen and oxygen atoms in total. The fourth-order valence-corrected chi connectivity index (χ4v) is 3.27. The van der Waals surface area contributed by atoms with Crippen LogP contribution in [0.3, 0.4) is 0 Å². The van der Waals surface area contributed by atoms with E-state index in [1.807, 2.05) is 0 Å². The third-order valence-electron chi connectivity index (χ3n) is 4.87. The van der Waals surface area contributed by atoms with Crippen LogP contribution < -0.4 is 4.90 Å². The molecular formula is C19H18FN7O3. The molecule has 1 amide bonds. The van der Waals surface area contributed by atoms with Crippen LogP contribution in [0.15, 0.2) is 48.5 Å². The van der Waals surface area contributed by atoms with Gasteiger partial charge in [-0.15, -0.1) is 10.2 Å². The number of halogens is 1. The fraction of sp³-hybridized carbons (Fsp3) is 0.263. The Kier molecular flexibility index (Phi) is 5.33. The molecule has 0 radical (unpaired) electrons. The lowest BCUT2D eigenvalue weighted by Gasteiger charge is -2.36. The maximum Gasteiger partial charge on any atom is 0.269 e. The van der Waals surface area contributed by atoms with Gasteiger partial charge < -0.3 is 9.80 Å². The van der Waals surface area contributed by atoms with E-state index in [0.29, 0.717) is 31.7 Å². The molecule has 0 bridgehead atoms. The van der Waals surface area contributed by atoms with Gasteiger partial charge >= 0.3 is 0 Å². The topological polar surface area (TPSA) is 110 Å². The number of tetrazole rings is 1. The van der Waals surface area contributed by atoms with Gasteiger partial charge in [-0.3, -0.25) is 14.9 Å². The van der Waals surface area contributed by atoms with Gasteiger partial charge in [0.15, 0.2) is 0 Å². The third kappa shape index (κ3) is 4.24. The standard InChI is InChI=1S/C19H18FN7O3/c20-15-3-1-2-14(12-15)19-21-23-26(22-19)13-18(28)25-10-8-24(9-11-25)16-4-6-17(7-5-16)27(29)30/h1-7,12H,8-11,13H2. The van der Waals surface area contributed by atoms with Crippen LogP contribution in [0.25, 0.3) is 11.4 Å². The molecule has 0 spiro atoms. The summed E-state index contributed by atoms with van der Waals surface area (Å²) in [6.07, 6.45) is 0. The summed E-state index contributed by atoms with van der Waals surface area (Å²) in [4.78, 5) is 27.9. The number of carbonyl (C=O) groups is 1. The molecule has 154 valence electrons. The van der Waals surface area contributed by atoms with Crippen LogP contribution in [0.5, 0.6) is 0 Å². The first kappa shape index (κ1) is 19.4. The zero-order chi connectivity index (χ0) is 21.1. The summed E-state index contributed by atoms with van der Waals surface area (Å²) in [5.74, 6) is -0.280. The fourth-order valence-electron chi connectivity index (χ4n) is 3.27. The van der Waals surface area contributed by atoms with Crippen molar-refractivity contribution in [3.05, 3.63) is 64.5 Å². The highest BCUT2D eigenvalue weighted by molar-refractivity contribution is 5.76. The van der Waals surface area contributed by atoms with Crippen molar-refractivity contribution in [2.24, 2.45) is 0 Å². The van der Waals surface area contributed by atoms with Crippen molar-refractivity contribution in [3.63, 3.8) is 0 Å². The number of amides is 1. The predicted molar refractivity (Wildman–Crippen MR) is 105 cm³/mol. The zero-order valence-corrected chi connectivity index (χ0v) is 15.9. The summed E-state index contributed by atoms with van der Waals surface area (Å²) in [6, 6.07) is 12.2. The van der Waals surface area contributed by atoms with Gasteiger partial charge in [-0.25, -0.2) is 4.39 Å². The first-order valence-electron chi connectivity index (χ1n) is 9.30. The SMILES string of the molecule is O=C(Cn1nnc(-c2cccc(F)c2)n1)N1CCN(c2ccc([N+](=O)[O-])cc2)CC1. The number of aromatic nitrogens is 4. The number of anilines is 1. The Morgan fingerprint density at radius 2 is 1.83 bits per heavy atom. The molecule has 0 aliphatic carbocycles. The Morgan fingerprint density at radius 1 is 1.10 bits per heavy atom. The number of hydrogen-bond donors (Lipinski definition) is 0. The number of non-ortho nitro benzene ring substituents is 1. The predicted octanol–water partition coefficient (Wildman–Crippen LogP) is 1.74. The van der Waals surface area contributed by atoms with Crippen molar-refractivity contribution in [1.29, 1.82) is 0 Å².